The monoisotopic (exact) mass is 257 g/mol. The molecule has 0 saturated carbocycles. The highest BCUT2D eigenvalue weighted by Gasteiger charge is 2.19. The molecular formula is C11H19N3S2. The third-order valence-electron chi connectivity index (χ3n) is 2.47. The molecule has 0 aromatic carbocycles. The average molecular weight is 257 g/mol. The summed E-state index contributed by atoms with van der Waals surface area (Å²) in [6.45, 7) is 5.20. The lowest BCUT2D eigenvalue weighted by Crippen LogP contribution is -2.22. The van der Waals surface area contributed by atoms with Crippen LogP contribution in [0.4, 0.5) is 0 Å². The maximum atomic E-state index is 4.49. The van der Waals surface area contributed by atoms with Gasteiger partial charge in [-0.1, -0.05) is 13.8 Å². The van der Waals surface area contributed by atoms with Gasteiger partial charge in [0.25, 0.3) is 0 Å². The zero-order valence-electron chi connectivity index (χ0n) is 9.82. The molecule has 0 amide bonds. The predicted molar refractivity (Wildman–Crippen MR) is 73.1 cm³/mol. The van der Waals surface area contributed by atoms with Crippen LogP contribution in [-0.4, -0.2) is 33.3 Å². The van der Waals surface area contributed by atoms with Crippen molar-refractivity contribution in [3.8, 4) is 0 Å². The van der Waals surface area contributed by atoms with Crippen LogP contribution in [0.3, 0.4) is 0 Å². The molecule has 0 spiro atoms. The fourth-order valence-electron chi connectivity index (χ4n) is 1.59. The Balaban J connectivity index is 1.90. The van der Waals surface area contributed by atoms with Crippen LogP contribution >= 0.6 is 23.5 Å². The summed E-state index contributed by atoms with van der Waals surface area (Å²) in [5.41, 5.74) is 1.19. The Morgan fingerprint density at radius 1 is 1.56 bits per heavy atom. The standard InChI is InChI=1S/C11H19N3S2/c1-8(2)12-5-9-6-13-11(14-9)10-7-15-3-4-16-10/h6,8,10,12H,3-5,7H2,1-2H3,(H,13,14). The van der Waals surface area contributed by atoms with Crippen LogP contribution in [0.2, 0.25) is 0 Å². The van der Waals surface area contributed by atoms with Crippen molar-refractivity contribution in [1.82, 2.24) is 15.3 Å². The van der Waals surface area contributed by atoms with Crippen molar-refractivity contribution >= 4 is 23.5 Å². The lowest BCUT2D eigenvalue weighted by atomic mass is 10.3. The molecular weight excluding hydrogens is 238 g/mol. The number of aromatic nitrogens is 2. The van der Waals surface area contributed by atoms with E-state index in [2.05, 4.69) is 29.1 Å². The number of hydrogen-bond acceptors (Lipinski definition) is 4. The van der Waals surface area contributed by atoms with Gasteiger partial charge in [-0.05, 0) is 0 Å². The highest BCUT2D eigenvalue weighted by molar-refractivity contribution is 8.06. The van der Waals surface area contributed by atoms with E-state index in [1.165, 1.54) is 23.0 Å². The fraction of sp³-hybridized carbons (Fsp3) is 0.727. The predicted octanol–water partition coefficient (Wildman–Crippen LogP) is 2.43. The highest BCUT2D eigenvalue weighted by atomic mass is 32.2. The van der Waals surface area contributed by atoms with Gasteiger partial charge in [0.2, 0.25) is 0 Å². The van der Waals surface area contributed by atoms with Gasteiger partial charge in [-0.3, -0.25) is 0 Å². The topological polar surface area (TPSA) is 40.7 Å². The Morgan fingerprint density at radius 3 is 3.12 bits per heavy atom. The Labute approximate surface area is 106 Å². The van der Waals surface area contributed by atoms with Crippen molar-refractivity contribution in [3.63, 3.8) is 0 Å². The second-order valence-electron chi connectivity index (χ2n) is 4.26. The van der Waals surface area contributed by atoms with Crippen molar-refractivity contribution in [2.75, 3.05) is 17.3 Å². The van der Waals surface area contributed by atoms with Crippen LogP contribution in [-0.2, 0) is 6.54 Å². The van der Waals surface area contributed by atoms with E-state index in [-0.39, 0.29) is 0 Å². The molecule has 0 aliphatic carbocycles. The van der Waals surface area contributed by atoms with E-state index in [0.717, 1.165) is 12.4 Å². The molecule has 16 heavy (non-hydrogen) atoms. The van der Waals surface area contributed by atoms with Crippen molar-refractivity contribution in [3.05, 3.63) is 17.7 Å². The summed E-state index contributed by atoms with van der Waals surface area (Å²) >= 11 is 4.05. The highest BCUT2D eigenvalue weighted by Crippen LogP contribution is 2.34. The van der Waals surface area contributed by atoms with E-state index in [1.54, 1.807) is 0 Å². The maximum absolute atomic E-state index is 4.49. The minimum absolute atomic E-state index is 0.520. The summed E-state index contributed by atoms with van der Waals surface area (Å²) in [5, 5.41) is 3.96. The molecule has 2 N–H and O–H groups in total. The number of H-pyrrole nitrogens is 1. The summed E-state index contributed by atoms with van der Waals surface area (Å²) in [4.78, 5) is 7.92. The molecule has 90 valence electrons. The van der Waals surface area contributed by atoms with Gasteiger partial charge in [0.05, 0.1) is 5.25 Å². The van der Waals surface area contributed by atoms with Gasteiger partial charge < -0.3 is 10.3 Å². The van der Waals surface area contributed by atoms with Crippen LogP contribution in [0.5, 0.6) is 0 Å². The minimum atomic E-state index is 0.520. The van der Waals surface area contributed by atoms with Crippen LogP contribution in [0.15, 0.2) is 6.20 Å². The summed E-state index contributed by atoms with van der Waals surface area (Å²) < 4.78 is 0. The first-order valence-corrected chi connectivity index (χ1v) is 7.92. The first-order valence-electron chi connectivity index (χ1n) is 5.72. The van der Waals surface area contributed by atoms with Gasteiger partial charge in [0.1, 0.15) is 5.82 Å². The van der Waals surface area contributed by atoms with E-state index in [4.69, 9.17) is 0 Å². The number of nitrogens with zero attached hydrogens (tertiary/aromatic N) is 1. The van der Waals surface area contributed by atoms with Crippen molar-refractivity contribution in [2.45, 2.75) is 31.7 Å². The fourth-order valence-corrected chi connectivity index (χ4v) is 4.22. The molecule has 1 aliphatic rings. The summed E-state index contributed by atoms with van der Waals surface area (Å²) in [5.74, 6) is 4.87. The van der Waals surface area contributed by atoms with E-state index in [9.17, 15) is 0 Å². The van der Waals surface area contributed by atoms with Crippen LogP contribution in [0, 0.1) is 0 Å². The van der Waals surface area contributed by atoms with E-state index >= 15 is 0 Å². The molecule has 1 fully saturated rings. The minimum Gasteiger partial charge on any atom is -0.344 e. The van der Waals surface area contributed by atoms with Gasteiger partial charge >= 0.3 is 0 Å². The molecule has 1 aromatic rings. The van der Waals surface area contributed by atoms with Crippen LogP contribution in [0.25, 0.3) is 0 Å². The summed E-state index contributed by atoms with van der Waals surface area (Å²) in [6, 6.07) is 0.520. The number of rotatable bonds is 4. The zero-order chi connectivity index (χ0) is 11.4. The molecule has 1 unspecified atom stereocenters. The van der Waals surface area contributed by atoms with Crippen molar-refractivity contribution < 1.29 is 0 Å². The smallest absolute Gasteiger partial charge is 0.120 e. The summed E-state index contributed by atoms with van der Waals surface area (Å²) in [7, 11) is 0. The van der Waals surface area contributed by atoms with Gasteiger partial charge in [-0.15, -0.1) is 11.8 Å². The number of nitrogens with one attached hydrogen (secondary N) is 2. The third-order valence-corrected chi connectivity index (χ3v) is 5.23. The van der Waals surface area contributed by atoms with Gasteiger partial charge in [0.15, 0.2) is 0 Å². The molecule has 1 atom stereocenters. The van der Waals surface area contributed by atoms with Gasteiger partial charge in [-0.2, -0.15) is 11.8 Å². The normalized spacial score (nSPS) is 21.6. The molecule has 3 nitrogen and oxygen atoms in total. The SMILES string of the molecule is CC(C)NCc1cnc(C2CSCCS2)[nH]1. The van der Waals surface area contributed by atoms with E-state index in [0.29, 0.717) is 11.3 Å². The van der Waals surface area contributed by atoms with E-state index < -0.39 is 0 Å². The Kier molecular flexibility index (Phi) is 4.61. The van der Waals surface area contributed by atoms with Gasteiger partial charge in [0, 0.05) is 41.7 Å². The molecule has 0 bridgehead atoms. The Hall–Kier alpha value is -0.130. The molecule has 5 heteroatoms. The number of aromatic amines is 1. The van der Waals surface area contributed by atoms with Crippen molar-refractivity contribution in [1.29, 1.82) is 0 Å². The first-order chi connectivity index (χ1) is 7.75. The second kappa shape index (κ2) is 5.98. The average Bonchev–Trinajstić information content (AvgIpc) is 2.76. The molecule has 0 radical (unpaired) electrons. The largest absolute Gasteiger partial charge is 0.344 e. The third kappa shape index (κ3) is 3.43. The van der Waals surface area contributed by atoms with Crippen LogP contribution < -0.4 is 5.32 Å². The summed E-state index contributed by atoms with van der Waals surface area (Å²) in [6.07, 6.45) is 1.96. The first kappa shape index (κ1) is 12.3. The lowest BCUT2D eigenvalue weighted by Gasteiger charge is -2.18. The Bertz CT molecular complexity index is 319. The molecule has 2 heterocycles. The maximum Gasteiger partial charge on any atom is 0.120 e. The molecule has 1 saturated heterocycles. The van der Waals surface area contributed by atoms with Crippen LogP contribution in [0.1, 0.15) is 30.6 Å². The number of thioether (sulfide) groups is 2. The molecule has 2 rings (SSSR count). The van der Waals surface area contributed by atoms with E-state index in [1.807, 2.05) is 29.7 Å². The number of imidazole rings is 1. The Morgan fingerprint density at radius 2 is 2.44 bits per heavy atom. The molecule has 1 aromatic heterocycles. The lowest BCUT2D eigenvalue weighted by molar-refractivity contribution is 0.582. The quantitative estimate of drug-likeness (QED) is 0.869. The zero-order valence-corrected chi connectivity index (χ0v) is 11.5. The van der Waals surface area contributed by atoms with Gasteiger partial charge in [-0.25, -0.2) is 4.98 Å². The molecule has 1 aliphatic heterocycles. The second-order valence-corrected chi connectivity index (χ2v) is 6.72. The van der Waals surface area contributed by atoms with Crippen molar-refractivity contribution in [2.24, 2.45) is 0 Å². The number of hydrogen-bond donors (Lipinski definition) is 2.